The minimum atomic E-state index is -4.12. The molecule has 0 aliphatic heterocycles. The van der Waals surface area contributed by atoms with Crippen LogP contribution in [0.15, 0.2) is 73.0 Å². The zero-order chi connectivity index (χ0) is 25.9. The van der Waals surface area contributed by atoms with E-state index >= 15 is 0 Å². The van der Waals surface area contributed by atoms with Gasteiger partial charge in [0.25, 0.3) is 0 Å². The number of hydrogen-bond donors (Lipinski definition) is 0. The first-order valence-corrected chi connectivity index (χ1v) is 11.6. The molecule has 1 aliphatic carbocycles. The lowest BCUT2D eigenvalue weighted by Crippen LogP contribution is -2.23. The molecule has 1 aliphatic rings. The minimum Gasteiger partial charge on any atom is -0.456 e. The molecule has 4 rings (SSSR count). The first-order valence-electron chi connectivity index (χ1n) is 11.6. The average Bonchev–Trinajstić information content (AvgIpc) is 2.83. The molecule has 0 atom stereocenters. The van der Waals surface area contributed by atoms with Crippen molar-refractivity contribution in [3.8, 4) is 22.6 Å². The van der Waals surface area contributed by atoms with E-state index < -0.39 is 40.9 Å². The van der Waals surface area contributed by atoms with Gasteiger partial charge in [-0.3, -0.25) is 0 Å². The molecule has 0 spiro atoms. The Labute approximate surface area is 205 Å². The van der Waals surface area contributed by atoms with Crippen LogP contribution in [0.25, 0.3) is 11.1 Å². The van der Waals surface area contributed by atoms with Gasteiger partial charge in [0, 0.05) is 6.07 Å². The Bertz CT molecular complexity index is 1230. The third-order valence-electron chi connectivity index (χ3n) is 6.44. The van der Waals surface area contributed by atoms with E-state index in [9.17, 15) is 26.3 Å². The van der Waals surface area contributed by atoms with Gasteiger partial charge in [0.1, 0.15) is 11.6 Å². The molecule has 0 radical (unpaired) electrons. The maximum absolute atomic E-state index is 14.7. The van der Waals surface area contributed by atoms with E-state index in [2.05, 4.69) is 16.4 Å². The lowest BCUT2D eigenvalue weighted by Gasteiger charge is -2.26. The topological polar surface area (TPSA) is 18.5 Å². The monoisotopic (exact) mass is 506 g/mol. The molecule has 36 heavy (non-hydrogen) atoms. The van der Waals surface area contributed by atoms with Crippen LogP contribution in [0, 0.1) is 17.6 Å². The fourth-order valence-corrected chi connectivity index (χ4v) is 4.42. The van der Waals surface area contributed by atoms with E-state index in [0.717, 1.165) is 43.0 Å². The highest BCUT2D eigenvalue weighted by Gasteiger charge is 2.38. The molecule has 0 amide bonds. The zero-order valence-corrected chi connectivity index (χ0v) is 19.4. The van der Waals surface area contributed by atoms with Crippen molar-refractivity contribution in [2.24, 2.45) is 5.92 Å². The number of ether oxygens (including phenoxy) is 2. The fraction of sp³-hybridized carbons (Fsp3) is 0.286. The number of rotatable bonds is 7. The molecule has 0 heterocycles. The van der Waals surface area contributed by atoms with Gasteiger partial charge in [-0.05, 0) is 65.6 Å². The Morgan fingerprint density at radius 3 is 2.11 bits per heavy atom. The van der Waals surface area contributed by atoms with Crippen molar-refractivity contribution < 1.29 is 35.8 Å². The van der Waals surface area contributed by atoms with Crippen LogP contribution >= 0.6 is 0 Å². The Morgan fingerprint density at radius 2 is 1.50 bits per heavy atom. The maximum Gasteiger partial charge on any atom is 0.429 e. The van der Waals surface area contributed by atoms with Gasteiger partial charge in [-0.2, -0.15) is 17.6 Å². The van der Waals surface area contributed by atoms with Gasteiger partial charge >= 0.3 is 12.2 Å². The van der Waals surface area contributed by atoms with Crippen LogP contribution in [-0.2, 0) is 6.11 Å². The molecular weight excluding hydrogens is 482 g/mol. The number of alkyl halides is 2. The van der Waals surface area contributed by atoms with Gasteiger partial charge < -0.3 is 9.47 Å². The standard InChI is InChI=1S/C28H24F6O2/c1-17-2-4-18(5-3-17)19-6-8-20(9-7-19)21-10-12-23(24(29)14-21)28(33,34)36-22-11-13-26(25(30)15-22)35-16-27(31)32/h6-18H,2-5H2,1H3. The summed E-state index contributed by atoms with van der Waals surface area (Å²) in [5.41, 5.74) is 1.31. The molecule has 0 unspecified atom stereocenters. The van der Waals surface area contributed by atoms with Crippen molar-refractivity contribution in [2.45, 2.75) is 44.6 Å². The van der Waals surface area contributed by atoms with E-state index in [1.165, 1.54) is 24.5 Å². The lowest BCUT2D eigenvalue weighted by molar-refractivity contribution is -0.187. The number of halogens is 6. The fourth-order valence-electron chi connectivity index (χ4n) is 4.42. The minimum absolute atomic E-state index is 0.00837. The largest absolute Gasteiger partial charge is 0.456 e. The van der Waals surface area contributed by atoms with Crippen molar-refractivity contribution in [3.05, 3.63) is 95.8 Å². The summed E-state index contributed by atoms with van der Waals surface area (Å²) in [7, 11) is 0. The summed E-state index contributed by atoms with van der Waals surface area (Å²) in [5, 5.41) is 0. The van der Waals surface area contributed by atoms with Crippen LogP contribution < -0.4 is 9.47 Å². The van der Waals surface area contributed by atoms with Crippen LogP contribution in [0.5, 0.6) is 11.5 Å². The summed E-state index contributed by atoms with van der Waals surface area (Å²) < 4.78 is 91.1. The van der Waals surface area contributed by atoms with Crippen LogP contribution in [0.3, 0.4) is 0 Å². The number of benzene rings is 3. The Hall–Kier alpha value is -3.42. The second-order valence-electron chi connectivity index (χ2n) is 9.01. The summed E-state index contributed by atoms with van der Waals surface area (Å²) in [6, 6.07) is 13.3. The zero-order valence-electron chi connectivity index (χ0n) is 19.4. The Balaban J connectivity index is 1.48. The molecule has 2 nitrogen and oxygen atoms in total. The van der Waals surface area contributed by atoms with Crippen molar-refractivity contribution in [1.29, 1.82) is 0 Å². The van der Waals surface area contributed by atoms with E-state index in [4.69, 9.17) is 0 Å². The Kier molecular flexibility index (Phi) is 7.62. The van der Waals surface area contributed by atoms with E-state index in [1.807, 2.05) is 24.3 Å². The first kappa shape index (κ1) is 25.7. The highest BCUT2D eigenvalue weighted by molar-refractivity contribution is 5.64. The third kappa shape index (κ3) is 6.04. The predicted molar refractivity (Wildman–Crippen MR) is 124 cm³/mol. The normalized spacial score (nSPS) is 18.0. The molecule has 1 saturated carbocycles. The maximum atomic E-state index is 14.7. The summed E-state index contributed by atoms with van der Waals surface area (Å²) in [4.78, 5) is 0. The Morgan fingerprint density at radius 1 is 0.833 bits per heavy atom. The average molecular weight is 506 g/mol. The van der Waals surface area contributed by atoms with Gasteiger partial charge in [0.05, 0.1) is 5.56 Å². The molecular formula is C28H24F6O2. The first-order chi connectivity index (χ1) is 17.1. The molecule has 0 aromatic heterocycles. The van der Waals surface area contributed by atoms with Gasteiger partial charge in [0.2, 0.25) is 0 Å². The molecule has 1 fully saturated rings. The smallest absolute Gasteiger partial charge is 0.429 e. The summed E-state index contributed by atoms with van der Waals surface area (Å²) in [6.45, 7) is 2.26. The quantitative estimate of drug-likeness (QED) is 0.235. The van der Waals surface area contributed by atoms with Gasteiger partial charge in [-0.1, -0.05) is 50.1 Å². The van der Waals surface area contributed by atoms with Crippen LogP contribution in [0.1, 0.15) is 49.7 Å². The SMILES string of the molecule is CC1CCC(c2ccc(-c3ccc(C(F)(F)Oc4ccc(OC=C(F)F)c(F)c4)c(F)c3)cc2)CC1. The van der Waals surface area contributed by atoms with Gasteiger partial charge in [0.15, 0.2) is 17.8 Å². The van der Waals surface area contributed by atoms with E-state index in [1.54, 1.807) is 0 Å². The van der Waals surface area contributed by atoms with E-state index in [0.29, 0.717) is 23.1 Å². The second kappa shape index (κ2) is 10.7. The third-order valence-corrected chi connectivity index (χ3v) is 6.44. The van der Waals surface area contributed by atoms with E-state index in [-0.39, 0.29) is 6.26 Å². The molecule has 0 bridgehead atoms. The van der Waals surface area contributed by atoms with Gasteiger partial charge in [-0.15, -0.1) is 0 Å². The summed E-state index contributed by atoms with van der Waals surface area (Å²) in [5.74, 6) is -2.40. The summed E-state index contributed by atoms with van der Waals surface area (Å²) in [6.07, 6.45) is -1.67. The molecule has 0 N–H and O–H groups in total. The molecule has 3 aromatic rings. The molecule has 190 valence electrons. The lowest BCUT2D eigenvalue weighted by atomic mass is 9.79. The summed E-state index contributed by atoms with van der Waals surface area (Å²) >= 11 is 0. The molecule has 0 saturated heterocycles. The van der Waals surface area contributed by atoms with Crippen LogP contribution in [0.2, 0.25) is 0 Å². The van der Waals surface area contributed by atoms with Crippen molar-refractivity contribution in [3.63, 3.8) is 0 Å². The van der Waals surface area contributed by atoms with Crippen molar-refractivity contribution >= 4 is 0 Å². The van der Waals surface area contributed by atoms with Crippen LogP contribution in [0.4, 0.5) is 26.3 Å². The van der Waals surface area contributed by atoms with Crippen molar-refractivity contribution in [2.75, 3.05) is 0 Å². The molecule has 3 aromatic carbocycles. The van der Waals surface area contributed by atoms with Crippen molar-refractivity contribution in [1.82, 2.24) is 0 Å². The predicted octanol–water partition coefficient (Wildman–Crippen LogP) is 9.17. The second-order valence-corrected chi connectivity index (χ2v) is 9.01. The number of hydrogen-bond acceptors (Lipinski definition) is 2. The van der Waals surface area contributed by atoms with Gasteiger partial charge in [-0.25, -0.2) is 8.78 Å². The highest BCUT2D eigenvalue weighted by Crippen LogP contribution is 2.38. The van der Waals surface area contributed by atoms with Crippen LogP contribution in [-0.4, -0.2) is 0 Å². The highest BCUT2D eigenvalue weighted by atomic mass is 19.3. The molecule has 8 heteroatoms.